The molecule has 0 fully saturated rings. The molecular formula is C7H11N3O2. The summed E-state index contributed by atoms with van der Waals surface area (Å²) in [5.74, 6) is 0.0780. The predicted octanol–water partition coefficient (Wildman–Crippen LogP) is 0.119. The van der Waals surface area contributed by atoms with E-state index < -0.39 is 12.0 Å². The number of aromatic nitrogens is 2. The van der Waals surface area contributed by atoms with Gasteiger partial charge >= 0.3 is 0 Å². The highest BCUT2D eigenvalue weighted by Crippen LogP contribution is 2.00. The summed E-state index contributed by atoms with van der Waals surface area (Å²) in [5, 5.41) is 17.7. The molecule has 12 heavy (non-hydrogen) atoms. The van der Waals surface area contributed by atoms with Crippen LogP contribution < -0.4 is 5.32 Å². The van der Waals surface area contributed by atoms with E-state index in [-0.39, 0.29) is 0 Å². The van der Waals surface area contributed by atoms with Gasteiger partial charge in [0.1, 0.15) is 11.9 Å². The highest BCUT2D eigenvalue weighted by Gasteiger charge is 2.12. The lowest BCUT2D eigenvalue weighted by atomic mass is 10.2. The number of hydrogen-bond donors (Lipinski definition) is 3. The van der Waals surface area contributed by atoms with Gasteiger partial charge in [-0.3, -0.25) is 9.89 Å². The van der Waals surface area contributed by atoms with Gasteiger partial charge in [-0.05, 0) is 6.42 Å². The number of carbonyl (C=O) groups excluding carboxylic acids is 1. The van der Waals surface area contributed by atoms with Gasteiger partial charge in [-0.2, -0.15) is 5.10 Å². The van der Waals surface area contributed by atoms with Crippen molar-refractivity contribution in [2.45, 2.75) is 19.4 Å². The molecule has 1 amide bonds. The minimum Gasteiger partial charge on any atom is -0.383 e. The van der Waals surface area contributed by atoms with Crippen LogP contribution in [0.5, 0.6) is 0 Å². The van der Waals surface area contributed by atoms with Crippen LogP contribution in [0, 0.1) is 0 Å². The monoisotopic (exact) mass is 169 g/mol. The molecule has 1 rings (SSSR count). The second-order valence-corrected chi connectivity index (χ2v) is 2.38. The Morgan fingerprint density at radius 3 is 3.17 bits per heavy atom. The molecule has 1 heterocycles. The van der Waals surface area contributed by atoms with Crippen molar-refractivity contribution in [2.24, 2.45) is 0 Å². The Kier molecular flexibility index (Phi) is 2.82. The molecule has 0 aliphatic heterocycles. The maximum absolute atomic E-state index is 11.0. The molecule has 0 bridgehead atoms. The summed E-state index contributed by atoms with van der Waals surface area (Å²) in [6.45, 7) is 1.73. The third kappa shape index (κ3) is 2.06. The topological polar surface area (TPSA) is 78.0 Å². The Labute approximate surface area is 69.8 Å². The van der Waals surface area contributed by atoms with Gasteiger partial charge < -0.3 is 10.4 Å². The van der Waals surface area contributed by atoms with E-state index in [0.29, 0.717) is 12.2 Å². The molecular weight excluding hydrogens is 158 g/mol. The summed E-state index contributed by atoms with van der Waals surface area (Å²) in [5.41, 5.74) is 0. The number of aliphatic hydroxyl groups excluding tert-OH is 1. The highest BCUT2D eigenvalue weighted by molar-refractivity contribution is 5.92. The fraction of sp³-hybridized carbons (Fsp3) is 0.429. The molecule has 0 aliphatic rings. The smallest absolute Gasteiger partial charge is 0.254 e. The summed E-state index contributed by atoms with van der Waals surface area (Å²) in [7, 11) is 0. The Hall–Kier alpha value is -1.36. The number of amides is 1. The molecule has 3 N–H and O–H groups in total. The van der Waals surface area contributed by atoms with Gasteiger partial charge in [0.2, 0.25) is 0 Å². The van der Waals surface area contributed by atoms with Crippen molar-refractivity contribution in [3.8, 4) is 0 Å². The van der Waals surface area contributed by atoms with Crippen molar-refractivity contribution in [2.75, 3.05) is 5.32 Å². The zero-order chi connectivity index (χ0) is 8.97. The fourth-order valence-corrected chi connectivity index (χ4v) is 0.727. The van der Waals surface area contributed by atoms with Crippen molar-refractivity contribution >= 4 is 11.7 Å². The number of hydrogen-bond acceptors (Lipinski definition) is 3. The molecule has 0 aliphatic carbocycles. The molecule has 0 saturated carbocycles. The van der Waals surface area contributed by atoms with Crippen LogP contribution in [-0.2, 0) is 4.79 Å². The molecule has 1 aromatic rings. The van der Waals surface area contributed by atoms with Crippen LogP contribution in [0.25, 0.3) is 0 Å². The summed E-state index contributed by atoms with van der Waals surface area (Å²) < 4.78 is 0. The number of nitrogens with one attached hydrogen (secondary N) is 2. The van der Waals surface area contributed by atoms with E-state index in [9.17, 15) is 4.79 Å². The average molecular weight is 169 g/mol. The van der Waals surface area contributed by atoms with Crippen LogP contribution in [0.1, 0.15) is 13.3 Å². The average Bonchev–Trinajstić information content (AvgIpc) is 2.55. The molecule has 1 atom stereocenters. The van der Waals surface area contributed by atoms with Gasteiger partial charge in [-0.25, -0.2) is 0 Å². The van der Waals surface area contributed by atoms with Gasteiger partial charge in [0, 0.05) is 6.07 Å². The lowest BCUT2D eigenvalue weighted by Crippen LogP contribution is -2.26. The van der Waals surface area contributed by atoms with Crippen molar-refractivity contribution in [3.05, 3.63) is 12.3 Å². The van der Waals surface area contributed by atoms with E-state index >= 15 is 0 Å². The van der Waals surface area contributed by atoms with Gasteiger partial charge in [0.25, 0.3) is 5.91 Å². The predicted molar refractivity (Wildman–Crippen MR) is 43.5 cm³/mol. The maximum atomic E-state index is 11.0. The molecule has 0 saturated heterocycles. The summed E-state index contributed by atoms with van der Waals surface area (Å²) in [6.07, 6.45) is 0.974. The SMILES string of the molecule is CCC(O)C(=O)Nc1ccn[nH]1. The molecule has 5 heteroatoms. The number of nitrogens with zero attached hydrogens (tertiary/aromatic N) is 1. The molecule has 5 nitrogen and oxygen atoms in total. The lowest BCUT2D eigenvalue weighted by Gasteiger charge is -2.06. The van der Waals surface area contributed by atoms with Gasteiger partial charge in [-0.15, -0.1) is 0 Å². The van der Waals surface area contributed by atoms with Crippen LogP contribution in [0.4, 0.5) is 5.82 Å². The van der Waals surface area contributed by atoms with Crippen LogP contribution in [0.15, 0.2) is 12.3 Å². The fourth-order valence-electron chi connectivity index (χ4n) is 0.727. The van der Waals surface area contributed by atoms with E-state index in [1.807, 2.05) is 0 Å². The van der Waals surface area contributed by atoms with Gasteiger partial charge in [0.15, 0.2) is 0 Å². The number of anilines is 1. The van der Waals surface area contributed by atoms with E-state index in [0.717, 1.165) is 0 Å². The standard InChI is InChI=1S/C7H11N3O2/c1-2-5(11)7(12)9-6-3-4-8-10-6/h3-5,11H,2H2,1H3,(H2,8,9,10,12). The third-order valence-electron chi connectivity index (χ3n) is 1.45. The van der Waals surface area contributed by atoms with Crippen LogP contribution >= 0.6 is 0 Å². The first-order chi connectivity index (χ1) is 5.74. The first-order valence-electron chi connectivity index (χ1n) is 3.72. The van der Waals surface area contributed by atoms with E-state index in [1.165, 1.54) is 6.20 Å². The van der Waals surface area contributed by atoms with Crippen molar-refractivity contribution in [1.29, 1.82) is 0 Å². The molecule has 1 aromatic heterocycles. The minimum atomic E-state index is -0.951. The Morgan fingerprint density at radius 1 is 1.92 bits per heavy atom. The Balaban J connectivity index is 2.47. The van der Waals surface area contributed by atoms with Gasteiger partial charge in [0.05, 0.1) is 6.20 Å². The lowest BCUT2D eigenvalue weighted by molar-refractivity contribution is -0.124. The second-order valence-electron chi connectivity index (χ2n) is 2.38. The normalized spacial score (nSPS) is 12.5. The zero-order valence-corrected chi connectivity index (χ0v) is 6.74. The molecule has 0 radical (unpaired) electrons. The van der Waals surface area contributed by atoms with Crippen molar-refractivity contribution < 1.29 is 9.90 Å². The van der Waals surface area contributed by atoms with Crippen LogP contribution in [0.3, 0.4) is 0 Å². The maximum Gasteiger partial charge on any atom is 0.254 e. The second kappa shape index (κ2) is 3.87. The summed E-state index contributed by atoms with van der Waals surface area (Å²) in [4.78, 5) is 11.0. The van der Waals surface area contributed by atoms with E-state index in [2.05, 4.69) is 15.5 Å². The Morgan fingerprint density at radius 2 is 2.67 bits per heavy atom. The zero-order valence-electron chi connectivity index (χ0n) is 6.74. The first-order valence-corrected chi connectivity index (χ1v) is 3.72. The highest BCUT2D eigenvalue weighted by atomic mass is 16.3. The molecule has 0 spiro atoms. The van der Waals surface area contributed by atoms with Crippen molar-refractivity contribution in [1.82, 2.24) is 10.2 Å². The molecule has 66 valence electrons. The number of rotatable bonds is 3. The quantitative estimate of drug-likeness (QED) is 0.601. The summed E-state index contributed by atoms with van der Waals surface area (Å²) in [6, 6.07) is 1.61. The molecule has 0 aromatic carbocycles. The van der Waals surface area contributed by atoms with Crippen molar-refractivity contribution in [3.63, 3.8) is 0 Å². The Bertz CT molecular complexity index is 245. The van der Waals surface area contributed by atoms with Crippen LogP contribution in [0.2, 0.25) is 0 Å². The number of H-pyrrole nitrogens is 1. The van der Waals surface area contributed by atoms with Gasteiger partial charge in [-0.1, -0.05) is 6.92 Å². The summed E-state index contributed by atoms with van der Waals surface area (Å²) >= 11 is 0. The van der Waals surface area contributed by atoms with Crippen LogP contribution in [-0.4, -0.2) is 27.3 Å². The molecule has 1 unspecified atom stereocenters. The number of aromatic amines is 1. The minimum absolute atomic E-state index is 0.403. The van der Waals surface area contributed by atoms with E-state index in [1.54, 1.807) is 13.0 Å². The number of carbonyl (C=O) groups is 1. The van der Waals surface area contributed by atoms with E-state index in [4.69, 9.17) is 5.11 Å². The number of aliphatic hydroxyl groups is 1. The third-order valence-corrected chi connectivity index (χ3v) is 1.45. The first kappa shape index (κ1) is 8.73. The largest absolute Gasteiger partial charge is 0.383 e.